The van der Waals surface area contributed by atoms with E-state index in [9.17, 15) is 23.6 Å². The number of nitrogens with zero attached hydrogens (tertiary/aromatic N) is 5. The van der Waals surface area contributed by atoms with E-state index in [-0.39, 0.29) is 28.9 Å². The van der Waals surface area contributed by atoms with E-state index < -0.39 is 34.9 Å². The molecule has 3 N–H and O–H groups in total. The van der Waals surface area contributed by atoms with Crippen LogP contribution < -0.4 is 27.3 Å². The van der Waals surface area contributed by atoms with E-state index in [1.165, 1.54) is 60.2 Å². The summed E-state index contributed by atoms with van der Waals surface area (Å²) in [4.78, 5) is 53.2. The lowest BCUT2D eigenvalue weighted by molar-refractivity contribution is -0.119. The van der Waals surface area contributed by atoms with Gasteiger partial charge in [-0.05, 0) is 30.3 Å². The molecule has 1 aliphatic heterocycles. The number of fused-ring (bicyclic) bond motifs is 1. The second-order valence-electron chi connectivity index (χ2n) is 7.25. The van der Waals surface area contributed by atoms with Crippen molar-refractivity contribution in [3.05, 3.63) is 63.2 Å². The first kappa shape index (κ1) is 20.9. The molecule has 0 fully saturated rings. The molecule has 3 heterocycles. The molecule has 0 bridgehead atoms. The number of carbonyl (C=O) groups is 2. The van der Waals surface area contributed by atoms with Crippen molar-refractivity contribution in [1.29, 1.82) is 0 Å². The number of aromatic nitrogens is 3. The van der Waals surface area contributed by atoms with E-state index in [1.807, 2.05) is 0 Å². The van der Waals surface area contributed by atoms with E-state index in [4.69, 9.17) is 5.73 Å². The van der Waals surface area contributed by atoms with Crippen molar-refractivity contribution in [2.24, 2.45) is 24.9 Å². The van der Waals surface area contributed by atoms with Crippen molar-refractivity contribution in [2.75, 3.05) is 10.3 Å². The largest absolute Gasteiger partial charge is 0.368 e. The van der Waals surface area contributed by atoms with Crippen LogP contribution in [0.2, 0.25) is 0 Å². The van der Waals surface area contributed by atoms with Crippen LogP contribution >= 0.6 is 0 Å². The highest BCUT2D eigenvalue weighted by atomic mass is 19.1. The molecule has 0 aliphatic carbocycles. The molecule has 4 rings (SSSR count). The maximum atomic E-state index is 13.2. The number of hydrazone groups is 1. The minimum absolute atomic E-state index is 0.0200. The Balaban J connectivity index is 1.65. The number of hydrogen-bond donors (Lipinski definition) is 2. The van der Waals surface area contributed by atoms with Gasteiger partial charge in [-0.1, -0.05) is 0 Å². The number of carbonyl (C=O) groups excluding carboxylic acids is 2. The van der Waals surface area contributed by atoms with Gasteiger partial charge in [-0.3, -0.25) is 28.5 Å². The molecule has 32 heavy (non-hydrogen) atoms. The van der Waals surface area contributed by atoms with E-state index in [0.717, 1.165) is 4.57 Å². The van der Waals surface area contributed by atoms with Gasteiger partial charge in [-0.15, -0.1) is 0 Å². The summed E-state index contributed by atoms with van der Waals surface area (Å²) in [5, 5.41) is 8.19. The summed E-state index contributed by atoms with van der Waals surface area (Å²) in [7, 11) is 2.83. The van der Waals surface area contributed by atoms with Gasteiger partial charge in [0.1, 0.15) is 23.2 Å². The number of anilines is 2. The highest BCUT2D eigenvalue weighted by molar-refractivity contribution is 6.44. The fourth-order valence-electron chi connectivity index (χ4n) is 3.44. The van der Waals surface area contributed by atoms with Crippen molar-refractivity contribution in [3.63, 3.8) is 0 Å². The van der Waals surface area contributed by atoms with Crippen LogP contribution in [0.5, 0.6) is 0 Å². The molecule has 164 valence electrons. The maximum absolute atomic E-state index is 13.2. The predicted octanol–water partition coefficient (Wildman–Crippen LogP) is -0.170. The number of halogens is 1. The minimum atomic E-state index is -0.919. The summed E-state index contributed by atoms with van der Waals surface area (Å²) in [6.45, 7) is 0. The fraction of sp³-hybridized carbons (Fsp3) is 0.200. The van der Waals surface area contributed by atoms with Crippen molar-refractivity contribution in [3.8, 4) is 0 Å². The molecule has 3 aromatic rings. The van der Waals surface area contributed by atoms with Crippen molar-refractivity contribution >= 4 is 39.9 Å². The number of benzene rings is 1. The third-order valence-corrected chi connectivity index (χ3v) is 5.14. The number of amides is 2. The highest BCUT2D eigenvalue weighted by Crippen LogP contribution is 2.25. The zero-order valence-electron chi connectivity index (χ0n) is 17.1. The zero-order chi connectivity index (χ0) is 23.2. The molecule has 1 aliphatic rings. The molecular formula is C20H18FN7O4. The summed E-state index contributed by atoms with van der Waals surface area (Å²) >= 11 is 0. The van der Waals surface area contributed by atoms with E-state index in [1.54, 1.807) is 0 Å². The fourth-order valence-corrected chi connectivity index (χ4v) is 3.44. The standard InChI is InChI=1S/C20H18FN7O4/c1-26-17-13(19(31)27(2)20(26)32)7-11(9-23-17)24-18(30)14-8-15(16(22)29)28(25-14)12-5-3-10(21)4-6-12/h3-7,9,15H,8H2,1-2H3,(H2,22,29)(H,24,30). The second-order valence-corrected chi connectivity index (χ2v) is 7.25. The van der Waals surface area contributed by atoms with Gasteiger partial charge in [0.2, 0.25) is 5.91 Å². The molecular weight excluding hydrogens is 421 g/mol. The lowest BCUT2D eigenvalue weighted by atomic mass is 10.1. The topological polar surface area (TPSA) is 145 Å². The van der Waals surface area contributed by atoms with Crippen LogP contribution in [0.1, 0.15) is 6.42 Å². The monoisotopic (exact) mass is 439 g/mol. The summed E-state index contributed by atoms with van der Waals surface area (Å²) in [6, 6.07) is 5.73. The van der Waals surface area contributed by atoms with Crippen LogP contribution in [0, 0.1) is 5.82 Å². The average Bonchev–Trinajstić information content (AvgIpc) is 3.23. The number of nitrogens with two attached hydrogens (primary N) is 1. The number of hydrogen-bond acceptors (Lipinski definition) is 7. The number of rotatable bonds is 4. The second kappa shape index (κ2) is 7.72. The van der Waals surface area contributed by atoms with Gasteiger partial charge in [0.05, 0.1) is 23.0 Å². The van der Waals surface area contributed by atoms with Gasteiger partial charge in [-0.25, -0.2) is 14.2 Å². The van der Waals surface area contributed by atoms with Gasteiger partial charge in [-0.2, -0.15) is 5.10 Å². The third-order valence-electron chi connectivity index (χ3n) is 5.14. The Bertz CT molecular complexity index is 1410. The molecule has 11 nitrogen and oxygen atoms in total. The SMILES string of the molecule is Cn1c(=O)c2cc(NC(=O)C3=NN(c4ccc(F)cc4)C(C(N)=O)C3)cnc2n(C)c1=O. The lowest BCUT2D eigenvalue weighted by Gasteiger charge is -2.20. The molecule has 1 atom stereocenters. The van der Waals surface area contributed by atoms with Crippen LogP contribution in [0.4, 0.5) is 15.8 Å². The van der Waals surface area contributed by atoms with Gasteiger partial charge in [0.15, 0.2) is 0 Å². The van der Waals surface area contributed by atoms with Crippen LogP contribution in [0.3, 0.4) is 0 Å². The Kier molecular flexibility index (Phi) is 5.04. The molecule has 12 heteroatoms. The molecule has 0 saturated carbocycles. The molecule has 2 amide bonds. The van der Waals surface area contributed by atoms with Gasteiger partial charge < -0.3 is 11.1 Å². The van der Waals surface area contributed by atoms with Crippen molar-refractivity contribution in [2.45, 2.75) is 12.5 Å². The van der Waals surface area contributed by atoms with Crippen LogP contribution in [-0.4, -0.2) is 37.7 Å². The average molecular weight is 439 g/mol. The molecule has 2 aromatic heterocycles. The van der Waals surface area contributed by atoms with Gasteiger partial charge >= 0.3 is 5.69 Å². The first-order valence-electron chi connectivity index (χ1n) is 9.46. The van der Waals surface area contributed by atoms with Crippen LogP contribution in [-0.2, 0) is 23.7 Å². The van der Waals surface area contributed by atoms with E-state index >= 15 is 0 Å². The first-order chi connectivity index (χ1) is 15.2. The number of nitrogens with one attached hydrogen (secondary N) is 1. The van der Waals surface area contributed by atoms with E-state index in [0.29, 0.717) is 5.69 Å². The molecule has 0 spiro atoms. The number of primary amides is 1. The predicted molar refractivity (Wildman–Crippen MR) is 115 cm³/mol. The Morgan fingerprint density at radius 3 is 2.50 bits per heavy atom. The third kappa shape index (κ3) is 3.51. The van der Waals surface area contributed by atoms with Crippen LogP contribution in [0.25, 0.3) is 11.0 Å². The lowest BCUT2D eigenvalue weighted by Crippen LogP contribution is -2.39. The van der Waals surface area contributed by atoms with E-state index in [2.05, 4.69) is 15.4 Å². The van der Waals surface area contributed by atoms with Gasteiger partial charge in [0.25, 0.3) is 11.5 Å². The minimum Gasteiger partial charge on any atom is -0.368 e. The zero-order valence-corrected chi connectivity index (χ0v) is 17.1. The quantitative estimate of drug-likeness (QED) is 0.577. The molecule has 1 aromatic carbocycles. The Morgan fingerprint density at radius 2 is 1.84 bits per heavy atom. The summed E-state index contributed by atoms with van der Waals surface area (Å²) < 4.78 is 15.4. The first-order valence-corrected chi connectivity index (χ1v) is 9.46. The summed E-state index contributed by atoms with van der Waals surface area (Å²) in [5.74, 6) is -1.78. The van der Waals surface area contributed by atoms with Crippen molar-refractivity contribution < 1.29 is 14.0 Å². The summed E-state index contributed by atoms with van der Waals surface area (Å²) in [5.41, 5.74) is 5.17. The maximum Gasteiger partial charge on any atom is 0.332 e. The van der Waals surface area contributed by atoms with Gasteiger partial charge in [0, 0.05) is 20.5 Å². The summed E-state index contributed by atoms with van der Waals surface area (Å²) in [6.07, 6.45) is 1.24. The molecule has 1 unspecified atom stereocenters. The molecule has 0 radical (unpaired) electrons. The Hall–Kier alpha value is -4.35. The van der Waals surface area contributed by atoms with Crippen LogP contribution in [0.15, 0.2) is 51.2 Å². The normalized spacial score (nSPS) is 15.7. The molecule has 0 saturated heterocycles. The smallest absolute Gasteiger partial charge is 0.332 e. The van der Waals surface area contributed by atoms with Crippen molar-refractivity contribution in [1.82, 2.24) is 14.1 Å². The highest BCUT2D eigenvalue weighted by Gasteiger charge is 2.35. The Labute approximate surface area is 179 Å². The Morgan fingerprint density at radius 1 is 1.16 bits per heavy atom. The number of aryl methyl sites for hydroxylation is 1. The number of pyridine rings is 1.